The topological polar surface area (TPSA) is 41.8 Å². The van der Waals surface area contributed by atoms with Crippen molar-refractivity contribution < 1.29 is 4.42 Å². The van der Waals surface area contributed by atoms with Crippen molar-refractivity contribution in [3.05, 3.63) is 22.7 Å². The Hall–Kier alpha value is -1.16. The van der Waals surface area contributed by atoms with Crippen molar-refractivity contribution >= 4 is 23.4 Å². The third-order valence-electron chi connectivity index (χ3n) is 1.43. The number of nitrogens with zero attached hydrogens (tertiary/aromatic N) is 1. The molecule has 0 bridgehead atoms. The van der Waals surface area contributed by atoms with Crippen molar-refractivity contribution in [2.45, 2.75) is 6.92 Å². The summed E-state index contributed by atoms with van der Waals surface area (Å²) in [6.07, 6.45) is 0. The van der Waals surface area contributed by atoms with E-state index in [1.54, 1.807) is 0 Å². The van der Waals surface area contributed by atoms with Gasteiger partial charge in [0.15, 0.2) is 0 Å². The third-order valence-corrected chi connectivity index (χ3v) is 1.61. The van der Waals surface area contributed by atoms with Crippen molar-refractivity contribution in [1.29, 1.82) is 0 Å². The molecule has 0 radical (unpaired) electrons. The Balaban J connectivity index is 2.92. The fourth-order valence-corrected chi connectivity index (χ4v) is 1.12. The number of aromatic amines is 1. The second kappa shape index (κ2) is 2.17. The van der Waals surface area contributed by atoms with Gasteiger partial charge < -0.3 is 9.40 Å². The van der Waals surface area contributed by atoms with Crippen LogP contribution in [-0.2, 0) is 0 Å². The van der Waals surface area contributed by atoms with E-state index in [1.165, 1.54) is 0 Å². The van der Waals surface area contributed by atoms with Crippen molar-refractivity contribution in [2.75, 3.05) is 0 Å². The Morgan fingerprint density at radius 1 is 1.55 bits per heavy atom. The number of fused-ring (bicyclic) bond motifs is 1. The van der Waals surface area contributed by atoms with Gasteiger partial charge in [0.1, 0.15) is 5.52 Å². The SMILES string of the molecule is Cc1ccc2[nH]c(=S)oc2n1. The summed E-state index contributed by atoms with van der Waals surface area (Å²) in [4.78, 5) is 7.38. The van der Waals surface area contributed by atoms with Crippen LogP contribution in [0.2, 0.25) is 0 Å². The smallest absolute Gasteiger partial charge is 0.268 e. The van der Waals surface area contributed by atoms with Gasteiger partial charge in [0.2, 0.25) is 5.71 Å². The Bertz CT molecular complexity index is 443. The van der Waals surface area contributed by atoms with Gasteiger partial charge in [-0.2, -0.15) is 0 Å². The molecule has 11 heavy (non-hydrogen) atoms. The van der Waals surface area contributed by atoms with E-state index in [2.05, 4.69) is 9.97 Å². The normalized spacial score (nSPS) is 10.6. The molecular formula is C7H6N2OS. The predicted octanol–water partition coefficient (Wildman–Crippen LogP) is 2.19. The summed E-state index contributed by atoms with van der Waals surface area (Å²) in [5.74, 6) is 0. The van der Waals surface area contributed by atoms with Crippen LogP contribution >= 0.6 is 12.2 Å². The molecule has 0 aliphatic heterocycles. The summed E-state index contributed by atoms with van der Waals surface area (Å²) in [5.41, 5.74) is 2.35. The highest BCUT2D eigenvalue weighted by Gasteiger charge is 1.98. The van der Waals surface area contributed by atoms with Gasteiger partial charge in [-0.1, -0.05) is 0 Å². The monoisotopic (exact) mass is 166 g/mol. The second-order valence-electron chi connectivity index (χ2n) is 2.32. The molecule has 2 aromatic heterocycles. The number of rotatable bonds is 0. The van der Waals surface area contributed by atoms with Crippen LogP contribution < -0.4 is 0 Å². The summed E-state index contributed by atoms with van der Waals surface area (Å²) in [7, 11) is 0. The van der Waals surface area contributed by atoms with E-state index >= 15 is 0 Å². The fourth-order valence-electron chi connectivity index (χ4n) is 0.929. The number of aromatic nitrogens is 2. The molecule has 2 heterocycles. The highest BCUT2D eigenvalue weighted by molar-refractivity contribution is 7.71. The number of hydrogen-bond donors (Lipinski definition) is 1. The highest BCUT2D eigenvalue weighted by Crippen LogP contribution is 2.10. The third kappa shape index (κ3) is 1.05. The maximum atomic E-state index is 5.10. The Labute approximate surface area is 68.1 Å². The first-order valence-electron chi connectivity index (χ1n) is 3.22. The molecule has 4 heteroatoms. The first kappa shape index (κ1) is 6.54. The van der Waals surface area contributed by atoms with Crippen LogP contribution in [0.3, 0.4) is 0 Å². The minimum absolute atomic E-state index is 0.373. The molecule has 56 valence electrons. The molecule has 2 aromatic rings. The molecule has 0 aliphatic rings. The van der Waals surface area contributed by atoms with E-state index in [4.69, 9.17) is 16.6 Å². The minimum atomic E-state index is 0.373. The molecule has 0 unspecified atom stereocenters. The van der Waals surface area contributed by atoms with Crippen molar-refractivity contribution in [1.82, 2.24) is 9.97 Å². The summed E-state index contributed by atoms with van der Waals surface area (Å²) >= 11 is 4.79. The van der Waals surface area contributed by atoms with E-state index in [0.717, 1.165) is 11.2 Å². The number of nitrogens with one attached hydrogen (secondary N) is 1. The molecule has 0 amide bonds. The molecule has 0 fully saturated rings. The van der Waals surface area contributed by atoms with E-state index in [1.807, 2.05) is 19.1 Å². The molecule has 0 saturated heterocycles. The van der Waals surface area contributed by atoms with E-state index in [0.29, 0.717) is 10.6 Å². The van der Waals surface area contributed by atoms with Crippen LogP contribution in [0, 0.1) is 11.8 Å². The zero-order chi connectivity index (χ0) is 7.84. The number of hydrogen-bond acceptors (Lipinski definition) is 3. The summed E-state index contributed by atoms with van der Waals surface area (Å²) < 4.78 is 5.10. The van der Waals surface area contributed by atoms with Gasteiger partial charge >= 0.3 is 0 Å². The first-order valence-corrected chi connectivity index (χ1v) is 3.63. The van der Waals surface area contributed by atoms with Gasteiger partial charge in [0.25, 0.3) is 4.84 Å². The fraction of sp³-hybridized carbons (Fsp3) is 0.143. The van der Waals surface area contributed by atoms with Gasteiger partial charge in [-0.15, -0.1) is 0 Å². The van der Waals surface area contributed by atoms with E-state index in [-0.39, 0.29) is 0 Å². The van der Waals surface area contributed by atoms with Gasteiger partial charge in [-0.05, 0) is 31.3 Å². The molecule has 0 atom stereocenters. The van der Waals surface area contributed by atoms with Crippen LogP contribution in [0.5, 0.6) is 0 Å². The number of pyridine rings is 1. The lowest BCUT2D eigenvalue weighted by molar-refractivity contribution is 0.572. The molecule has 1 N–H and O–H groups in total. The van der Waals surface area contributed by atoms with Crippen LogP contribution in [-0.4, -0.2) is 9.97 Å². The molecule has 0 spiro atoms. The lowest BCUT2D eigenvalue weighted by atomic mass is 10.4. The number of H-pyrrole nitrogens is 1. The summed E-state index contributed by atoms with van der Waals surface area (Å²) in [6.45, 7) is 1.91. The summed E-state index contributed by atoms with van der Waals surface area (Å²) in [6, 6.07) is 3.81. The average Bonchev–Trinajstić information content (AvgIpc) is 2.27. The van der Waals surface area contributed by atoms with Crippen molar-refractivity contribution in [2.24, 2.45) is 0 Å². The highest BCUT2D eigenvalue weighted by atomic mass is 32.1. The number of aryl methyl sites for hydroxylation is 1. The van der Waals surface area contributed by atoms with E-state index in [9.17, 15) is 0 Å². The Morgan fingerprint density at radius 2 is 2.36 bits per heavy atom. The molecule has 3 nitrogen and oxygen atoms in total. The van der Waals surface area contributed by atoms with Crippen LogP contribution in [0.4, 0.5) is 0 Å². The van der Waals surface area contributed by atoms with Gasteiger partial charge in [0.05, 0.1) is 0 Å². The molecular weight excluding hydrogens is 160 g/mol. The lowest BCUT2D eigenvalue weighted by Crippen LogP contribution is -1.78. The van der Waals surface area contributed by atoms with Crippen LogP contribution in [0.1, 0.15) is 5.69 Å². The predicted molar refractivity (Wildman–Crippen MR) is 43.9 cm³/mol. The van der Waals surface area contributed by atoms with Gasteiger partial charge in [-0.3, -0.25) is 0 Å². The Morgan fingerprint density at radius 3 is 3.18 bits per heavy atom. The second-order valence-corrected chi connectivity index (χ2v) is 2.69. The maximum Gasteiger partial charge on any atom is 0.268 e. The van der Waals surface area contributed by atoms with Gasteiger partial charge in [-0.25, -0.2) is 4.98 Å². The molecule has 0 aromatic carbocycles. The number of oxazole rings is 1. The Kier molecular flexibility index (Phi) is 1.29. The first-order chi connectivity index (χ1) is 5.25. The standard InChI is InChI=1S/C7H6N2OS/c1-4-2-3-5-6(8-4)10-7(11)9-5/h2-3H,1H3,(H,9,11). The van der Waals surface area contributed by atoms with Gasteiger partial charge in [0, 0.05) is 5.69 Å². The zero-order valence-corrected chi connectivity index (χ0v) is 6.73. The lowest BCUT2D eigenvalue weighted by Gasteiger charge is -1.87. The van der Waals surface area contributed by atoms with Crippen molar-refractivity contribution in [3.63, 3.8) is 0 Å². The summed E-state index contributed by atoms with van der Waals surface area (Å²) in [5, 5.41) is 0. The van der Waals surface area contributed by atoms with Crippen LogP contribution in [0.15, 0.2) is 16.5 Å². The minimum Gasteiger partial charge on any atom is -0.410 e. The van der Waals surface area contributed by atoms with E-state index < -0.39 is 0 Å². The zero-order valence-electron chi connectivity index (χ0n) is 5.92. The van der Waals surface area contributed by atoms with Crippen molar-refractivity contribution in [3.8, 4) is 0 Å². The average molecular weight is 166 g/mol. The molecule has 0 saturated carbocycles. The maximum absolute atomic E-state index is 5.10. The molecule has 2 rings (SSSR count). The van der Waals surface area contributed by atoms with Crippen LogP contribution in [0.25, 0.3) is 11.2 Å². The molecule has 0 aliphatic carbocycles. The largest absolute Gasteiger partial charge is 0.410 e. The quantitative estimate of drug-likeness (QED) is 0.610.